The maximum atomic E-state index is 12.6. The molecule has 0 aliphatic rings. The van der Waals surface area contributed by atoms with E-state index in [0.717, 1.165) is 10.9 Å². The lowest BCUT2D eigenvalue weighted by Gasteiger charge is -2.09. The van der Waals surface area contributed by atoms with Crippen molar-refractivity contribution in [2.45, 2.75) is 6.18 Å². The van der Waals surface area contributed by atoms with Crippen LogP contribution in [-0.4, -0.2) is 43.2 Å². The summed E-state index contributed by atoms with van der Waals surface area (Å²) in [7, 11) is 2.86. The van der Waals surface area contributed by atoms with Gasteiger partial charge in [-0.05, 0) is 18.2 Å². The molecule has 0 saturated carbocycles. The quantitative estimate of drug-likeness (QED) is 0.535. The van der Waals surface area contributed by atoms with Crippen LogP contribution in [0, 0.1) is 0 Å². The van der Waals surface area contributed by atoms with Crippen LogP contribution in [0.3, 0.4) is 0 Å². The lowest BCUT2D eigenvalue weighted by molar-refractivity contribution is -0.0925. The van der Waals surface area contributed by atoms with Crippen LogP contribution in [0.15, 0.2) is 58.4 Å². The molecule has 0 aliphatic carbocycles. The number of allylic oxidation sites excluding steroid dienone is 2. The van der Waals surface area contributed by atoms with Crippen LogP contribution < -0.4 is 16.8 Å². The average Bonchev–Trinajstić information content (AvgIpc) is 2.69. The van der Waals surface area contributed by atoms with Crippen molar-refractivity contribution in [3.8, 4) is 0 Å². The summed E-state index contributed by atoms with van der Waals surface area (Å²) in [5, 5.41) is 3.03. The number of aromatic nitrogens is 1. The van der Waals surface area contributed by atoms with Gasteiger partial charge < -0.3 is 16.8 Å². The van der Waals surface area contributed by atoms with Crippen LogP contribution in [-0.2, 0) is 0 Å². The standard InChI is InChI=1S/C19H19F3N6O/c1-25-9-14(8-23)13-5-11-3-4-12(6-15(11)27-10-13)18(29)28-17(26-2)7-16(24)19(20,21)22/h3-10H,23-24H2,1-2H3,(H,26,28,29). The predicted octanol–water partition coefficient (Wildman–Crippen LogP) is 2.40. The van der Waals surface area contributed by atoms with Crippen LogP contribution in [0.1, 0.15) is 15.9 Å². The molecule has 29 heavy (non-hydrogen) atoms. The minimum absolute atomic E-state index is 0.197. The number of nitrogens with one attached hydrogen (secondary N) is 1. The number of amidine groups is 1. The van der Waals surface area contributed by atoms with Gasteiger partial charge in [0.15, 0.2) is 0 Å². The highest BCUT2D eigenvalue weighted by molar-refractivity contribution is 6.12. The number of carbonyl (C=O) groups excluding carboxylic acids is 1. The Hall–Kier alpha value is -3.69. The van der Waals surface area contributed by atoms with E-state index in [4.69, 9.17) is 11.5 Å². The SMILES string of the molecule is CN=CC(=CN)c1cnc2cc(C(=O)NC(C=C(N)C(F)(F)F)=NC)ccc2c1. The molecule has 0 saturated heterocycles. The topological polar surface area (TPSA) is 119 Å². The van der Waals surface area contributed by atoms with Gasteiger partial charge in [-0.25, -0.2) is 0 Å². The molecule has 0 bridgehead atoms. The van der Waals surface area contributed by atoms with Gasteiger partial charge >= 0.3 is 6.18 Å². The van der Waals surface area contributed by atoms with Crippen molar-refractivity contribution in [2.24, 2.45) is 21.5 Å². The van der Waals surface area contributed by atoms with Crippen LogP contribution >= 0.6 is 0 Å². The number of amides is 1. The first kappa shape index (κ1) is 21.6. The molecule has 7 nitrogen and oxygen atoms in total. The van der Waals surface area contributed by atoms with Crippen LogP contribution in [0.25, 0.3) is 16.5 Å². The Morgan fingerprint density at radius 1 is 1.21 bits per heavy atom. The normalized spacial score (nSPS) is 13.9. The van der Waals surface area contributed by atoms with E-state index in [1.807, 2.05) is 6.07 Å². The van der Waals surface area contributed by atoms with Gasteiger partial charge in [-0.15, -0.1) is 0 Å². The maximum absolute atomic E-state index is 12.6. The minimum atomic E-state index is -4.72. The molecule has 2 aromatic rings. The summed E-state index contributed by atoms with van der Waals surface area (Å²) < 4.78 is 37.7. The molecule has 1 heterocycles. The molecule has 0 spiro atoms. The smallest absolute Gasteiger partial charge is 0.404 e. The van der Waals surface area contributed by atoms with Crippen LogP contribution in [0.4, 0.5) is 13.2 Å². The van der Waals surface area contributed by atoms with Gasteiger partial charge in [0.1, 0.15) is 11.5 Å². The molecule has 0 fully saturated rings. The van der Waals surface area contributed by atoms with E-state index in [0.29, 0.717) is 17.2 Å². The van der Waals surface area contributed by atoms with Crippen molar-refractivity contribution >= 4 is 34.4 Å². The summed E-state index contributed by atoms with van der Waals surface area (Å²) >= 11 is 0. The van der Waals surface area contributed by atoms with Crippen molar-refractivity contribution in [1.29, 1.82) is 0 Å². The highest BCUT2D eigenvalue weighted by Crippen LogP contribution is 2.21. The van der Waals surface area contributed by atoms with E-state index in [1.165, 1.54) is 25.4 Å². The third-order valence-electron chi connectivity index (χ3n) is 3.83. The third-order valence-corrected chi connectivity index (χ3v) is 3.83. The molecule has 1 amide bonds. The molecule has 5 N–H and O–H groups in total. The number of nitrogens with zero attached hydrogens (tertiary/aromatic N) is 3. The first-order valence-electron chi connectivity index (χ1n) is 8.26. The lowest BCUT2D eigenvalue weighted by Crippen LogP contribution is -2.31. The number of pyridine rings is 1. The Morgan fingerprint density at radius 3 is 2.52 bits per heavy atom. The molecule has 0 aliphatic heterocycles. The Balaban J connectivity index is 2.29. The number of hydrogen-bond acceptors (Lipinski definition) is 6. The van der Waals surface area contributed by atoms with Crippen molar-refractivity contribution < 1.29 is 18.0 Å². The molecule has 1 aromatic heterocycles. The highest BCUT2D eigenvalue weighted by Gasteiger charge is 2.31. The van der Waals surface area contributed by atoms with Crippen molar-refractivity contribution in [2.75, 3.05) is 14.1 Å². The third kappa shape index (κ3) is 5.41. The fourth-order valence-corrected chi connectivity index (χ4v) is 2.35. The number of nitrogens with two attached hydrogens (primary N) is 2. The van der Waals surface area contributed by atoms with E-state index in [9.17, 15) is 18.0 Å². The molecular formula is C19H19F3N6O. The number of benzene rings is 1. The second-order valence-electron chi connectivity index (χ2n) is 5.80. The zero-order valence-electron chi connectivity index (χ0n) is 15.7. The fraction of sp³-hybridized carbons (Fsp3) is 0.158. The summed E-state index contributed by atoms with van der Waals surface area (Å²) in [6, 6.07) is 6.53. The molecule has 10 heteroatoms. The van der Waals surface area contributed by atoms with Gasteiger partial charge in [0.25, 0.3) is 5.91 Å². The monoisotopic (exact) mass is 404 g/mol. The molecule has 0 atom stereocenters. The Kier molecular flexibility index (Phi) is 6.71. The predicted molar refractivity (Wildman–Crippen MR) is 107 cm³/mol. The van der Waals surface area contributed by atoms with Gasteiger partial charge in [0, 0.05) is 60.9 Å². The highest BCUT2D eigenvalue weighted by atomic mass is 19.4. The average molecular weight is 404 g/mol. The summed E-state index contributed by atoms with van der Waals surface area (Å²) in [6.45, 7) is 0. The van der Waals surface area contributed by atoms with Crippen LogP contribution in [0.5, 0.6) is 0 Å². The molecule has 0 unspecified atom stereocenters. The second kappa shape index (κ2) is 9.00. The molecule has 152 valence electrons. The number of hydrogen-bond donors (Lipinski definition) is 3. The summed E-state index contributed by atoms with van der Waals surface area (Å²) in [5.41, 5.74) is 11.3. The number of alkyl halides is 3. The van der Waals surface area contributed by atoms with Crippen molar-refractivity contribution in [3.63, 3.8) is 0 Å². The summed E-state index contributed by atoms with van der Waals surface area (Å²) in [6.07, 6.45) is 0.417. The number of aliphatic imine (C=N–C) groups is 2. The fourth-order valence-electron chi connectivity index (χ4n) is 2.35. The minimum Gasteiger partial charge on any atom is -0.404 e. The van der Waals surface area contributed by atoms with E-state index in [-0.39, 0.29) is 11.4 Å². The van der Waals surface area contributed by atoms with Gasteiger partial charge in [-0.2, -0.15) is 13.2 Å². The van der Waals surface area contributed by atoms with Crippen molar-refractivity contribution in [1.82, 2.24) is 10.3 Å². The Bertz CT molecular complexity index is 1040. The zero-order chi connectivity index (χ0) is 21.6. The van der Waals surface area contributed by atoms with Gasteiger partial charge in [0.05, 0.1) is 5.52 Å². The van der Waals surface area contributed by atoms with Crippen molar-refractivity contribution in [3.05, 3.63) is 59.6 Å². The van der Waals surface area contributed by atoms with E-state index < -0.39 is 17.8 Å². The Labute approximate surface area is 164 Å². The number of carbonyl (C=O) groups is 1. The molecule has 0 radical (unpaired) electrons. The number of rotatable bonds is 4. The summed E-state index contributed by atoms with van der Waals surface area (Å²) in [5.74, 6) is -0.963. The summed E-state index contributed by atoms with van der Waals surface area (Å²) in [4.78, 5) is 24.2. The largest absolute Gasteiger partial charge is 0.430 e. The first-order valence-corrected chi connectivity index (χ1v) is 8.26. The van der Waals surface area contributed by atoms with Gasteiger partial charge in [-0.3, -0.25) is 19.8 Å². The Morgan fingerprint density at radius 2 is 1.93 bits per heavy atom. The maximum Gasteiger partial charge on any atom is 0.430 e. The van der Waals surface area contributed by atoms with Gasteiger partial charge in [0.2, 0.25) is 0 Å². The first-order chi connectivity index (χ1) is 13.7. The second-order valence-corrected chi connectivity index (χ2v) is 5.80. The van der Waals surface area contributed by atoms with Crippen LogP contribution in [0.2, 0.25) is 0 Å². The molecule has 2 rings (SSSR count). The number of fused-ring (bicyclic) bond motifs is 1. The van der Waals surface area contributed by atoms with E-state index in [2.05, 4.69) is 20.3 Å². The molecular weight excluding hydrogens is 385 g/mol. The number of halogens is 3. The van der Waals surface area contributed by atoms with Gasteiger partial charge in [-0.1, -0.05) is 6.07 Å². The molecule has 1 aromatic carbocycles. The van der Waals surface area contributed by atoms with E-state index >= 15 is 0 Å². The van der Waals surface area contributed by atoms with E-state index in [1.54, 1.807) is 25.5 Å². The zero-order valence-corrected chi connectivity index (χ0v) is 15.7. The lowest BCUT2D eigenvalue weighted by atomic mass is 10.1.